The van der Waals surface area contributed by atoms with Gasteiger partial charge in [0.1, 0.15) is 0 Å². The molecule has 0 aliphatic carbocycles. The minimum absolute atomic E-state index is 0.199. The first kappa shape index (κ1) is 10.6. The van der Waals surface area contributed by atoms with Crippen LogP contribution in [0.3, 0.4) is 0 Å². The second-order valence-corrected chi connectivity index (χ2v) is 3.38. The van der Waals surface area contributed by atoms with Crippen molar-refractivity contribution < 1.29 is 14.6 Å². The lowest BCUT2D eigenvalue weighted by Gasteiger charge is -2.07. The van der Waals surface area contributed by atoms with E-state index in [1.54, 1.807) is 24.5 Å². The van der Waals surface area contributed by atoms with Crippen LogP contribution in [0.5, 0.6) is 0 Å². The molecule has 0 saturated carbocycles. The van der Waals surface area contributed by atoms with Crippen molar-refractivity contribution in [2.75, 3.05) is 7.11 Å². The predicted octanol–water partition coefficient (Wildman–Crippen LogP) is 1.51. The molecule has 0 fully saturated rings. The van der Waals surface area contributed by atoms with Gasteiger partial charge in [0.25, 0.3) is 0 Å². The summed E-state index contributed by atoms with van der Waals surface area (Å²) in [6.07, 6.45) is 3.34. The van der Waals surface area contributed by atoms with E-state index in [4.69, 9.17) is 0 Å². The number of rotatable bonds is 2. The Balaban J connectivity index is 2.67. The lowest BCUT2D eigenvalue weighted by molar-refractivity contribution is 0.0597. The van der Waals surface area contributed by atoms with Crippen molar-refractivity contribution in [2.24, 2.45) is 0 Å². The summed E-state index contributed by atoms with van der Waals surface area (Å²) in [4.78, 5) is 15.5. The van der Waals surface area contributed by atoms with Crippen molar-refractivity contribution in [3.8, 4) is 0 Å². The molecule has 16 heavy (non-hydrogen) atoms. The highest BCUT2D eigenvalue weighted by Gasteiger charge is 2.12. The molecular formula is C12H11NO3. The van der Waals surface area contributed by atoms with Crippen molar-refractivity contribution in [3.05, 3.63) is 41.7 Å². The smallest absolute Gasteiger partial charge is 0.338 e. The monoisotopic (exact) mass is 217 g/mol. The Kier molecular flexibility index (Phi) is 2.83. The zero-order valence-corrected chi connectivity index (χ0v) is 8.80. The number of ether oxygens (including phenoxy) is 1. The number of pyridine rings is 1. The van der Waals surface area contributed by atoms with Gasteiger partial charge in [-0.2, -0.15) is 0 Å². The zero-order valence-electron chi connectivity index (χ0n) is 8.80. The topological polar surface area (TPSA) is 59.4 Å². The molecule has 0 spiro atoms. The van der Waals surface area contributed by atoms with Gasteiger partial charge in [-0.1, -0.05) is 0 Å². The second-order valence-electron chi connectivity index (χ2n) is 3.38. The molecule has 0 atom stereocenters. The molecule has 4 heteroatoms. The van der Waals surface area contributed by atoms with Gasteiger partial charge in [0.15, 0.2) is 0 Å². The molecule has 1 heterocycles. The van der Waals surface area contributed by atoms with Crippen molar-refractivity contribution in [1.82, 2.24) is 4.98 Å². The largest absolute Gasteiger partial charge is 0.465 e. The van der Waals surface area contributed by atoms with E-state index in [0.717, 1.165) is 10.8 Å². The minimum atomic E-state index is -0.442. The second kappa shape index (κ2) is 4.28. The van der Waals surface area contributed by atoms with Gasteiger partial charge in [0.2, 0.25) is 0 Å². The van der Waals surface area contributed by atoms with Crippen LogP contribution in [0.15, 0.2) is 30.6 Å². The quantitative estimate of drug-likeness (QED) is 0.775. The molecule has 2 aromatic rings. The fraction of sp³-hybridized carbons (Fsp3) is 0.167. The SMILES string of the molecule is COC(=O)c1cc2ccncc2cc1CO. The summed E-state index contributed by atoms with van der Waals surface area (Å²) in [6, 6.07) is 5.26. The number of hydrogen-bond donors (Lipinski definition) is 1. The minimum Gasteiger partial charge on any atom is -0.465 e. The third kappa shape index (κ3) is 1.75. The molecule has 1 aromatic heterocycles. The summed E-state index contributed by atoms with van der Waals surface area (Å²) < 4.78 is 4.66. The molecular weight excluding hydrogens is 206 g/mol. The van der Waals surface area contributed by atoms with Gasteiger partial charge < -0.3 is 9.84 Å². The highest BCUT2D eigenvalue weighted by atomic mass is 16.5. The van der Waals surface area contributed by atoms with Gasteiger partial charge in [-0.05, 0) is 29.1 Å². The van der Waals surface area contributed by atoms with E-state index in [9.17, 15) is 9.90 Å². The first-order valence-electron chi connectivity index (χ1n) is 4.82. The lowest BCUT2D eigenvalue weighted by Crippen LogP contribution is -2.05. The van der Waals surface area contributed by atoms with E-state index in [1.807, 2.05) is 6.07 Å². The molecule has 0 saturated heterocycles. The van der Waals surface area contributed by atoms with Gasteiger partial charge >= 0.3 is 5.97 Å². The van der Waals surface area contributed by atoms with Crippen LogP contribution < -0.4 is 0 Å². The zero-order chi connectivity index (χ0) is 11.5. The Labute approximate surface area is 92.5 Å². The van der Waals surface area contributed by atoms with Gasteiger partial charge in [-0.3, -0.25) is 4.98 Å². The van der Waals surface area contributed by atoms with Gasteiger partial charge in [0, 0.05) is 17.8 Å². The Hall–Kier alpha value is -1.94. The van der Waals surface area contributed by atoms with Crippen molar-refractivity contribution in [3.63, 3.8) is 0 Å². The number of carbonyl (C=O) groups is 1. The van der Waals surface area contributed by atoms with E-state index >= 15 is 0 Å². The van der Waals surface area contributed by atoms with Gasteiger partial charge in [-0.25, -0.2) is 4.79 Å². The highest BCUT2D eigenvalue weighted by molar-refractivity contribution is 5.96. The summed E-state index contributed by atoms with van der Waals surface area (Å²) in [5, 5.41) is 11.0. The molecule has 0 bridgehead atoms. The summed E-state index contributed by atoms with van der Waals surface area (Å²) in [5.74, 6) is -0.442. The average molecular weight is 217 g/mol. The number of aliphatic hydroxyl groups is 1. The van der Waals surface area contributed by atoms with Crippen LogP contribution in [0.4, 0.5) is 0 Å². The highest BCUT2D eigenvalue weighted by Crippen LogP contribution is 2.20. The predicted molar refractivity (Wildman–Crippen MR) is 59.0 cm³/mol. The number of aromatic nitrogens is 1. The number of hydrogen-bond acceptors (Lipinski definition) is 4. The molecule has 4 nitrogen and oxygen atoms in total. The molecule has 82 valence electrons. The summed E-state index contributed by atoms with van der Waals surface area (Å²) in [6.45, 7) is -0.199. The molecule has 1 aromatic carbocycles. The maximum absolute atomic E-state index is 11.5. The number of nitrogens with zero attached hydrogens (tertiary/aromatic N) is 1. The molecule has 0 amide bonds. The van der Waals surface area contributed by atoms with Crippen molar-refractivity contribution in [1.29, 1.82) is 0 Å². The normalized spacial score (nSPS) is 10.4. The number of esters is 1. The maximum Gasteiger partial charge on any atom is 0.338 e. The molecule has 0 aliphatic heterocycles. The van der Waals surface area contributed by atoms with Crippen LogP contribution in [0, 0.1) is 0 Å². The van der Waals surface area contributed by atoms with E-state index in [-0.39, 0.29) is 6.61 Å². The van der Waals surface area contributed by atoms with Crippen LogP contribution in [0.2, 0.25) is 0 Å². The standard InChI is InChI=1S/C12H11NO3/c1-16-12(15)11-5-8-2-3-13-6-9(8)4-10(11)7-14/h2-6,14H,7H2,1H3. The molecule has 2 rings (SSSR count). The lowest BCUT2D eigenvalue weighted by atomic mass is 10.0. The molecule has 0 unspecified atom stereocenters. The summed E-state index contributed by atoms with van der Waals surface area (Å²) >= 11 is 0. The molecule has 0 aliphatic rings. The summed E-state index contributed by atoms with van der Waals surface area (Å²) in [5.41, 5.74) is 0.941. The first-order valence-corrected chi connectivity index (χ1v) is 4.82. The Morgan fingerprint density at radius 3 is 2.94 bits per heavy atom. The van der Waals surface area contributed by atoms with Crippen LogP contribution in [-0.2, 0) is 11.3 Å². The maximum atomic E-state index is 11.5. The fourth-order valence-electron chi connectivity index (χ4n) is 1.61. The van der Waals surface area contributed by atoms with Crippen molar-refractivity contribution in [2.45, 2.75) is 6.61 Å². The number of methoxy groups -OCH3 is 1. The fourth-order valence-corrected chi connectivity index (χ4v) is 1.61. The number of benzene rings is 1. The first-order chi connectivity index (χ1) is 7.76. The van der Waals surface area contributed by atoms with Crippen LogP contribution in [-0.4, -0.2) is 23.2 Å². The van der Waals surface area contributed by atoms with Gasteiger partial charge in [0.05, 0.1) is 19.3 Å². The van der Waals surface area contributed by atoms with E-state index < -0.39 is 5.97 Å². The van der Waals surface area contributed by atoms with E-state index in [0.29, 0.717) is 11.1 Å². The van der Waals surface area contributed by atoms with E-state index in [1.165, 1.54) is 7.11 Å². The number of aliphatic hydroxyl groups excluding tert-OH is 1. The Bertz CT molecular complexity index is 537. The average Bonchev–Trinajstić information content (AvgIpc) is 2.36. The number of fused-ring (bicyclic) bond motifs is 1. The third-order valence-corrected chi connectivity index (χ3v) is 2.44. The Morgan fingerprint density at radius 2 is 2.25 bits per heavy atom. The Morgan fingerprint density at radius 1 is 1.44 bits per heavy atom. The van der Waals surface area contributed by atoms with E-state index in [2.05, 4.69) is 9.72 Å². The number of carbonyl (C=O) groups excluding carboxylic acids is 1. The van der Waals surface area contributed by atoms with Crippen LogP contribution in [0.25, 0.3) is 10.8 Å². The molecule has 1 N–H and O–H groups in total. The van der Waals surface area contributed by atoms with Gasteiger partial charge in [-0.15, -0.1) is 0 Å². The van der Waals surface area contributed by atoms with Crippen LogP contribution >= 0.6 is 0 Å². The molecule has 0 radical (unpaired) electrons. The van der Waals surface area contributed by atoms with Crippen LogP contribution in [0.1, 0.15) is 15.9 Å². The third-order valence-electron chi connectivity index (χ3n) is 2.44. The van der Waals surface area contributed by atoms with Crippen molar-refractivity contribution >= 4 is 16.7 Å². The summed E-state index contributed by atoms with van der Waals surface area (Å²) in [7, 11) is 1.32.